The molecule has 0 radical (unpaired) electrons. The summed E-state index contributed by atoms with van der Waals surface area (Å²) in [7, 11) is 3.05. The number of benzene rings is 1. The Kier molecular flexibility index (Phi) is 6.02. The molecule has 3 rings (SSSR count). The van der Waals surface area contributed by atoms with Crippen molar-refractivity contribution in [1.29, 1.82) is 0 Å². The average molecular weight is 389 g/mol. The van der Waals surface area contributed by atoms with Crippen molar-refractivity contribution >= 4 is 28.6 Å². The lowest BCUT2D eigenvalue weighted by molar-refractivity contribution is 0.0928. The van der Waals surface area contributed by atoms with E-state index >= 15 is 0 Å². The molecule has 2 aromatic heterocycles. The standard InChI is InChI=1S/C18H19N3O5S/c1-24-14-8-11-12(9-15(14)25-2)20-16(21-17(11)22)10-27-7-5-19-18(23)13-4-3-6-26-13/h3-4,6,8-9H,5,7,10H2,1-2H3,(H,19,23)(H,20,21,22). The van der Waals surface area contributed by atoms with E-state index < -0.39 is 0 Å². The van der Waals surface area contributed by atoms with Crippen LogP contribution in [0.3, 0.4) is 0 Å². The lowest BCUT2D eigenvalue weighted by Crippen LogP contribution is -2.25. The van der Waals surface area contributed by atoms with Crippen LogP contribution in [-0.2, 0) is 5.75 Å². The molecule has 1 amide bonds. The molecule has 0 bridgehead atoms. The van der Waals surface area contributed by atoms with Crippen LogP contribution in [0.4, 0.5) is 0 Å². The van der Waals surface area contributed by atoms with E-state index in [1.54, 1.807) is 36.0 Å². The SMILES string of the molecule is COc1cc2nc(CSCCNC(=O)c3ccco3)[nH]c(=O)c2cc1OC. The topological polar surface area (TPSA) is 106 Å². The molecule has 0 fully saturated rings. The van der Waals surface area contributed by atoms with E-state index in [-0.39, 0.29) is 17.2 Å². The van der Waals surface area contributed by atoms with Crippen molar-refractivity contribution in [3.63, 3.8) is 0 Å². The highest BCUT2D eigenvalue weighted by Crippen LogP contribution is 2.30. The predicted molar refractivity (Wildman–Crippen MR) is 103 cm³/mol. The zero-order valence-corrected chi connectivity index (χ0v) is 15.7. The van der Waals surface area contributed by atoms with Gasteiger partial charge in [-0.1, -0.05) is 0 Å². The highest BCUT2D eigenvalue weighted by molar-refractivity contribution is 7.98. The van der Waals surface area contributed by atoms with Crippen molar-refractivity contribution in [2.75, 3.05) is 26.5 Å². The Morgan fingerprint density at radius 1 is 1.30 bits per heavy atom. The number of hydrogen-bond donors (Lipinski definition) is 2. The van der Waals surface area contributed by atoms with Gasteiger partial charge in [0, 0.05) is 18.4 Å². The number of furan rings is 1. The fraction of sp³-hybridized carbons (Fsp3) is 0.278. The van der Waals surface area contributed by atoms with Gasteiger partial charge in [-0.15, -0.1) is 0 Å². The molecule has 27 heavy (non-hydrogen) atoms. The summed E-state index contributed by atoms with van der Waals surface area (Å²) in [6.07, 6.45) is 1.45. The van der Waals surface area contributed by atoms with Gasteiger partial charge in [-0.05, 0) is 18.2 Å². The van der Waals surface area contributed by atoms with Gasteiger partial charge in [-0.2, -0.15) is 11.8 Å². The maximum Gasteiger partial charge on any atom is 0.287 e. The molecule has 3 aromatic rings. The van der Waals surface area contributed by atoms with Crippen LogP contribution >= 0.6 is 11.8 Å². The minimum atomic E-state index is -0.251. The number of methoxy groups -OCH3 is 2. The van der Waals surface area contributed by atoms with Gasteiger partial charge in [0.15, 0.2) is 17.3 Å². The molecular formula is C18H19N3O5S. The minimum Gasteiger partial charge on any atom is -0.493 e. The van der Waals surface area contributed by atoms with Gasteiger partial charge < -0.3 is 24.2 Å². The Morgan fingerprint density at radius 2 is 2.07 bits per heavy atom. The first-order valence-corrected chi connectivity index (χ1v) is 9.32. The predicted octanol–water partition coefficient (Wildman–Crippen LogP) is 2.20. The first-order chi connectivity index (χ1) is 13.1. The van der Waals surface area contributed by atoms with Crippen LogP contribution in [0, 0.1) is 0 Å². The Balaban J connectivity index is 1.60. The highest BCUT2D eigenvalue weighted by atomic mass is 32.2. The molecular weight excluding hydrogens is 370 g/mol. The lowest BCUT2D eigenvalue weighted by Gasteiger charge is -2.09. The van der Waals surface area contributed by atoms with Crippen LogP contribution in [0.25, 0.3) is 10.9 Å². The van der Waals surface area contributed by atoms with Gasteiger partial charge in [0.1, 0.15) is 5.82 Å². The van der Waals surface area contributed by atoms with Crippen LogP contribution in [0.15, 0.2) is 39.7 Å². The largest absolute Gasteiger partial charge is 0.493 e. The quantitative estimate of drug-likeness (QED) is 0.569. The van der Waals surface area contributed by atoms with Crippen molar-refractivity contribution in [1.82, 2.24) is 15.3 Å². The number of nitrogens with one attached hydrogen (secondary N) is 2. The third-order valence-corrected chi connectivity index (χ3v) is 4.75. The average Bonchev–Trinajstić information content (AvgIpc) is 3.21. The number of fused-ring (bicyclic) bond motifs is 1. The van der Waals surface area contributed by atoms with Crippen molar-refractivity contribution in [2.45, 2.75) is 5.75 Å². The molecule has 142 valence electrons. The number of carbonyl (C=O) groups excluding carboxylic acids is 1. The van der Waals surface area contributed by atoms with Crippen LogP contribution in [0.2, 0.25) is 0 Å². The maximum absolute atomic E-state index is 12.3. The van der Waals surface area contributed by atoms with E-state index in [9.17, 15) is 9.59 Å². The van der Waals surface area contributed by atoms with E-state index in [0.717, 1.165) is 0 Å². The van der Waals surface area contributed by atoms with Crippen molar-refractivity contribution < 1.29 is 18.7 Å². The molecule has 8 nitrogen and oxygen atoms in total. The molecule has 0 saturated carbocycles. The Hall–Kier alpha value is -2.94. The third kappa shape index (κ3) is 4.43. The number of ether oxygens (including phenoxy) is 2. The number of H-pyrrole nitrogens is 1. The van der Waals surface area contributed by atoms with E-state index in [2.05, 4.69) is 15.3 Å². The minimum absolute atomic E-state index is 0.234. The van der Waals surface area contributed by atoms with E-state index in [1.165, 1.54) is 20.5 Å². The summed E-state index contributed by atoms with van der Waals surface area (Å²) in [5.74, 6) is 2.76. The summed E-state index contributed by atoms with van der Waals surface area (Å²) in [6, 6.07) is 6.56. The summed E-state index contributed by atoms with van der Waals surface area (Å²) in [6.45, 7) is 0.479. The number of nitrogens with zero attached hydrogens (tertiary/aromatic N) is 1. The second-order valence-electron chi connectivity index (χ2n) is 5.52. The number of hydrogen-bond acceptors (Lipinski definition) is 7. The van der Waals surface area contributed by atoms with Crippen LogP contribution < -0.4 is 20.3 Å². The Morgan fingerprint density at radius 3 is 2.78 bits per heavy atom. The highest BCUT2D eigenvalue weighted by Gasteiger charge is 2.11. The van der Waals surface area contributed by atoms with Crippen molar-refractivity contribution in [3.05, 3.63) is 52.5 Å². The summed E-state index contributed by atoms with van der Waals surface area (Å²) < 4.78 is 15.5. The molecule has 0 aliphatic carbocycles. The molecule has 2 heterocycles. The van der Waals surface area contributed by atoms with E-state index in [1.807, 2.05) is 0 Å². The zero-order valence-electron chi connectivity index (χ0n) is 14.9. The van der Waals surface area contributed by atoms with Gasteiger partial charge in [-0.25, -0.2) is 4.98 Å². The second kappa shape index (κ2) is 8.63. The maximum atomic E-state index is 12.3. The fourth-order valence-electron chi connectivity index (χ4n) is 2.48. The first-order valence-electron chi connectivity index (χ1n) is 8.16. The molecule has 2 N–H and O–H groups in total. The summed E-state index contributed by atoms with van der Waals surface area (Å²) in [5.41, 5.74) is 0.306. The van der Waals surface area contributed by atoms with Crippen molar-refractivity contribution in [3.8, 4) is 11.5 Å². The number of aromatic nitrogens is 2. The van der Waals surface area contributed by atoms with E-state index in [0.29, 0.717) is 46.3 Å². The molecule has 1 aromatic carbocycles. The summed E-state index contributed by atoms with van der Waals surface area (Å²) in [4.78, 5) is 31.3. The van der Waals surface area contributed by atoms with Crippen LogP contribution in [0.1, 0.15) is 16.4 Å². The molecule has 0 unspecified atom stereocenters. The summed E-state index contributed by atoms with van der Waals surface area (Å²) in [5, 5.41) is 3.20. The van der Waals surface area contributed by atoms with Gasteiger partial charge in [0.2, 0.25) is 0 Å². The number of rotatable bonds is 8. The molecule has 0 saturated heterocycles. The van der Waals surface area contributed by atoms with Crippen LogP contribution in [-0.4, -0.2) is 42.4 Å². The normalized spacial score (nSPS) is 10.7. The lowest BCUT2D eigenvalue weighted by atomic mass is 10.2. The monoisotopic (exact) mass is 389 g/mol. The van der Waals surface area contributed by atoms with Gasteiger partial charge >= 0.3 is 0 Å². The van der Waals surface area contributed by atoms with Gasteiger partial charge in [0.25, 0.3) is 11.5 Å². The molecule has 0 atom stereocenters. The Labute approximate surface area is 159 Å². The number of carbonyl (C=O) groups is 1. The van der Waals surface area contributed by atoms with Crippen molar-refractivity contribution in [2.24, 2.45) is 0 Å². The Bertz CT molecular complexity index is 985. The molecule has 0 spiro atoms. The summed E-state index contributed by atoms with van der Waals surface area (Å²) >= 11 is 1.55. The van der Waals surface area contributed by atoms with E-state index in [4.69, 9.17) is 13.9 Å². The first kappa shape index (κ1) is 18.8. The number of thioether (sulfide) groups is 1. The van der Waals surface area contributed by atoms with Crippen LogP contribution in [0.5, 0.6) is 11.5 Å². The smallest absolute Gasteiger partial charge is 0.287 e. The molecule has 9 heteroatoms. The molecule has 0 aliphatic heterocycles. The number of aromatic amines is 1. The third-order valence-electron chi connectivity index (χ3n) is 3.78. The fourth-order valence-corrected chi connectivity index (χ4v) is 3.20. The number of amides is 1. The zero-order chi connectivity index (χ0) is 19.2. The van der Waals surface area contributed by atoms with Gasteiger partial charge in [-0.3, -0.25) is 9.59 Å². The molecule has 0 aliphatic rings. The second-order valence-corrected chi connectivity index (χ2v) is 6.63. The van der Waals surface area contributed by atoms with Gasteiger partial charge in [0.05, 0.1) is 37.1 Å².